The highest BCUT2D eigenvalue weighted by atomic mass is 35.5. The van der Waals surface area contributed by atoms with Crippen LogP contribution in [0.5, 0.6) is 11.5 Å². The molecule has 3 aromatic rings. The van der Waals surface area contributed by atoms with Crippen LogP contribution in [0.2, 0.25) is 5.02 Å². The normalized spacial score (nSPS) is 21.5. The van der Waals surface area contributed by atoms with Crippen LogP contribution in [0.25, 0.3) is 0 Å². The van der Waals surface area contributed by atoms with Crippen LogP contribution < -0.4 is 9.64 Å². The number of halogens is 1. The number of amidine groups is 1. The fourth-order valence-electron chi connectivity index (χ4n) is 4.56. The summed E-state index contributed by atoms with van der Waals surface area (Å²) >= 11 is 7.71. The van der Waals surface area contributed by atoms with Gasteiger partial charge in [0.15, 0.2) is 20.8 Å². The maximum Gasteiger partial charge on any atom is 0.252 e. The molecule has 2 heterocycles. The van der Waals surface area contributed by atoms with Crippen molar-refractivity contribution in [3.05, 3.63) is 88.4 Å². The predicted octanol–water partition coefficient (Wildman–Crippen LogP) is 5.59. The number of benzene rings is 3. The van der Waals surface area contributed by atoms with Crippen LogP contribution in [-0.4, -0.2) is 42.3 Å². The first-order chi connectivity index (χ1) is 17.2. The number of rotatable bonds is 5. The molecule has 2 unspecified atom stereocenters. The number of carbonyl (C=O) groups excluding carboxylic acids is 1. The number of aliphatic imine (C=N–C) groups is 1. The largest absolute Gasteiger partial charge is 0.455 e. The molecule has 2 aliphatic rings. The van der Waals surface area contributed by atoms with Gasteiger partial charge in [0.2, 0.25) is 0 Å². The van der Waals surface area contributed by atoms with Gasteiger partial charge < -0.3 is 9.64 Å². The molecule has 0 radical (unpaired) electrons. The Morgan fingerprint density at radius 3 is 2.56 bits per heavy atom. The molecular weight excluding hydrogens is 516 g/mol. The summed E-state index contributed by atoms with van der Waals surface area (Å²) in [6.45, 7) is 3.95. The topological polar surface area (TPSA) is 76.0 Å². The lowest BCUT2D eigenvalue weighted by atomic mass is 10.1. The zero-order valence-corrected chi connectivity index (χ0v) is 22.2. The number of amides is 1. The van der Waals surface area contributed by atoms with E-state index in [0.29, 0.717) is 27.4 Å². The molecule has 2 fully saturated rings. The van der Waals surface area contributed by atoms with Crippen LogP contribution in [0.3, 0.4) is 0 Å². The van der Waals surface area contributed by atoms with Gasteiger partial charge in [0.1, 0.15) is 5.75 Å². The van der Waals surface area contributed by atoms with Gasteiger partial charge in [-0.1, -0.05) is 65.3 Å². The molecule has 2 saturated heterocycles. The van der Waals surface area contributed by atoms with Gasteiger partial charge in [-0.25, -0.2) is 8.42 Å². The summed E-state index contributed by atoms with van der Waals surface area (Å²) < 4.78 is 31.2. The first-order valence-electron chi connectivity index (χ1n) is 11.5. The standard InChI is InChI=1S/C27H25ClN2O4S2/c1-17-5-3-7-19(11-17)13-26(31)29-27-30(23-15-36(32,33)16-25(23)35-27)22-14-20(28)9-10-24(22)34-21-8-4-6-18(2)12-21/h3-12,14,23,25H,13,15-16H2,1-2H3. The van der Waals surface area contributed by atoms with E-state index in [0.717, 1.165) is 16.7 Å². The number of thioether (sulfide) groups is 1. The van der Waals surface area contributed by atoms with E-state index in [-0.39, 0.29) is 35.1 Å². The van der Waals surface area contributed by atoms with E-state index < -0.39 is 9.84 Å². The van der Waals surface area contributed by atoms with Crippen molar-refractivity contribution < 1.29 is 17.9 Å². The number of hydrogen-bond donors (Lipinski definition) is 0. The number of ether oxygens (including phenoxy) is 1. The van der Waals surface area contributed by atoms with Crippen molar-refractivity contribution in [2.24, 2.45) is 4.99 Å². The smallest absolute Gasteiger partial charge is 0.252 e. The Morgan fingerprint density at radius 2 is 1.81 bits per heavy atom. The minimum absolute atomic E-state index is 0.0217. The zero-order valence-electron chi connectivity index (χ0n) is 19.8. The van der Waals surface area contributed by atoms with Gasteiger partial charge in [0.05, 0.1) is 29.7 Å². The second kappa shape index (κ2) is 9.92. The van der Waals surface area contributed by atoms with Crippen LogP contribution in [0, 0.1) is 13.8 Å². The van der Waals surface area contributed by atoms with E-state index in [1.165, 1.54) is 11.8 Å². The summed E-state index contributed by atoms with van der Waals surface area (Å²) in [6, 6.07) is 20.3. The third kappa shape index (κ3) is 5.45. The van der Waals surface area contributed by atoms with Gasteiger partial charge >= 0.3 is 0 Å². The first kappa shape index (κ1) is 24.9. The molecule has 2 atom stereocenters. The molecule has 9 heteroatoms. The summed E-state index contributed by atoms with van der Waals surface area (Å²) in [5.41, 5.74) is 3.59. The summed E-state index contributed by atoms with van der Waals surface area (Å²) in [7, 11) is -3.22. The summed E-state index contributed by atoms with van der Waals surface area (Å²) in [5.74, 6) is 0.883. The monoisotopic (exact) mass is 540 g/mol. The zero-order chi connectivity index (χ0) is 25.4. The first-order valence-corrected chi connectivity index (χ1v) is 14.6. The van der Waals surface area contributed by atoms with Crippen molar-refractivity contribution in [3.63, 3.8) is 0 Å². The minimum Gasteiger partial charge on any atom is -0.455 e. The average molecular weight is 541 g/mol. The minimum atomic E-state index is -3.22. The van der Waals surface area contributed by atoms with Gasteiger partial charge in [0, 0.05) is 10.3 Å². The molecule has 0 saturated carbocycles. The van der Waals surface area contributed by atoms with Crippen LogP contribution >= 0.6 is 23.4 Å². The van der Waals surface area contributed by atoms with Gasteiger partial charge in [0.25, 0.3) is 5.91 Å². The summed E-state index contributed by atoms with van der Waals surface area (Å²) in [4.78, 5) is 19.3. The van der Waals surface area contributed by atoms with Gasteiger partial charge in [-0.2, -0.15) is 4.99 Å². The lowest BCUT2D eigenvalue weighted by Gasteiger charge is -2.27. The van der Waals surface area contributed by atoms with Crippen molar-refractivity contribution in [1.29, 1.82) is 0 Å². The van der Waals surface area contributed by atoms with Crippen molar-refractivity contribution in [2.75, 3.05) is 16.4 Å². The number of hydrogen-bond acceptors (Lipinski definition) is 5. The van der Waals surface area contributed by atoms with E-state index in [1.807, 2.05) is 67.3 Å². The van der Waals surface area contributed by atoms with E-state index in [1.54, 1.807) is 18.2 Å². The SMILES string of the molecule is Cc1cccc(CC(=O)N=C2SC3CS(=O)(=O)CC3N2c2cc(Cl)ccc2Oc2cccc(C)c2)c1. The van der Waals surface area contributed by atoms with E-state index in [4.69, 9.17) is 16.3 Å². The molecule has 0 aliphatic carbocycles. The number of aryl methyl sites for hydroxylation is 2. The molecule has 0 spiro atoms. The fraction of sp³-hybridized carbons (Fsp3) is 0.259. The Hall–Kier alpha value is -2.81. The van der Waals surface area contributed by atoms with Crippen molar-refractivity contribution in [1.82, 2.24) is 0 Å². The molecule has 186 valence electrons. The van der Waals surface area contributed by atoms with E-state index in [2.05, 4.69) is 4.99 Å². The average Bonchev–Trinajstić information content (AvgIpc) is 3.25. The summed E-state index contributed by atoms with van der Waals surface area (Å²) in [5, 5.41) is 0.710. The molecule has 3 aromatic carbocycles. The molecule has 0 aromatic heterocycles. The molecule has 0 N–H and O–H groups in total. The Kier molecular flexibility index (Phi) is 6.85. The quantitative estimate of drug-likeness (QED) is 0.420. The number of anilines is 1. The molecule has 2 aliphatic heterocycles. The maximum atomic E-state index is 13.0. The van der Waals surface area contributed by atoms with Gasteiger partial charge in [-0.05, 0) is 55.3 Å². The number of fused-ring (bicyclic) bond motifs is 1. The lowest BCUT2D eigenvalue weighted by molar-refractivity contribution is -0.117. The highest BCUT2D eigenvalue weighted by Gasteiger charge is 2.50. The van der Waals surface area contributed by atoms with E-state index in [9.17, 15) is 13.2 Å². The van der Waals surface area contributed by atoms with Crippen LogP contribution in [0.15, 0.2) is 71.7 Å². The van der Waals surface area contributed by atoms with Crippen molar-refractivity contribution in [2.45, 2.75) is 31.6 Å². The third-order valence-corrected chi connectivity index (χ3v) is 9.57. The Bertz CT molecular complexity index is 1470. The number of nitrogens with zero attached hydrogens (tertiary/aromatic N) is 2. The van der Waals surface area contributed by atoms with E-state index >= 15 is 0 Å². The van der Waals surface area contributed by atoms with Crippen LogP contribution in [0.4, 0.5) is 5.69 Å². The Morgan fingerprint density at radius 1 is 1.06 bits per heavy atom. The van der Waals surface area contributed by atoms with Gasteiger partial charge in [-0.15, -0.1) is 0 Å². The van der Waals surface area contributed by atoms with Crippen LogP contribution in [0.1, 0.15) is 16.7 Å². The Balaban J connectivity index is 1.53. The molecule has 6 nitrogen and oxygen atoms in total. The highest BCUT2D eigenvalue weighted by molar-refractivity contribution is 8.16. The van der Waals surface area contributed by atoms with Gasteiger partial charge in [-0.3, -0.25) is 4.79 Å². The molecule has 0 bridgehead atoms. The number of carbonyl (C=O) groups is 1. The summed E-state index contributed by atoms with van der Waals surface area (Å²) in [6.07, 6.45) is 0.162. The Labute approximate surface area is 220 Å². The highest BCUT2D eigenvalue weighted by Crippen LogP contribution is 2.45. The second-order valence-electron chi connectivity index (χ2n) is 9.16. The second-order valence-corrected chi connectivity index (χ2v) is 13.0. The number of sulfone groups is 1. The fourth-order valence-corrected chi connectivity index (χ4v) is 8.65. The lowest BCUT2D eigenvalue weighted by Crippen LogP contribution is -2.38. The van der Waals surface area contributed by atoms with Crippen molar-refractivity contribution in [3.8, 4) is 11.5 Å². The van der Waals surface area contributed by atoms with Crippen LogP contribution in [-0.2, 0) is 21.1 Å². The van der Waals surface area contributed by atoms with Crippen molar-refractivity contribution >= 4 is 50.0 Å². The predicted molar refractivity (Wildman–Crippen MR) is 146 cm³/mol. The molecular formula is C27H25ClN2O4S2. The third-order valence-electron chi connectivity index (χ3n) is 6.12. The maximum absolute atomic E-state index is 13.0. The molecule has 36 heavy (non-hydrogen) atoms. The molecule has 5 rings (SSSR count). The molecule has 1 amide bonds.